The van der Waals surface area contributed by atoms with Gasteiger partial charge in [0.15, 0.2) is 11.4 Å². The number of nitrogens with two attached hydrogens (primary N) is 1. The lowest BCUT2D eigenvalue weighted by Crippen LogP contribution is -2.64. The molecule has 0 unspecified atom stereocenters. The van der Waals surface area contributed by atoms with Crippen molar-refractivity contribution >= 4 is 23.3 Å². The van der Waals surface area contributed by atoms with Crippen molar-refractivity contribution in [2.75, 3.05) is 25.5 Å². The summed E-state index contributed by atoms with van der Waals surface area (Å²) in [6.07, 6.45) is 2.01. The predicted octanol–water partition coefficient (Wildman–Crippen LogP) is 0.0196. The highest BCUT2D eigenvalue weighted by Gasteiger charge is 2.62. The lowest BCUT2D eigenvalue weighted by atomic mass is 9.59. The van der Waals surface area contributed by atoms with E-state index in [1.54, 1.807) is 19.0 Å². The zero-order chi connectivity index (χ0) is 25.1. The average Bonchev–Trinajstić information content (AvgIpc) is 2.75. The van der Waals surface area contributed by atoms with Crippen molar-refractivity contribution in [2.24, 2.45) is 17.6 Å². The SMILES string of the molecule is CCCN[C@@H]1C(O)=C(C(N)=O)C(=O)[C@@]2(O)C(O)=C3C(=O)c4c(O)cnc(N(C)C)c4C[C@H]3C[C@@H]12. The Morgan fingerprint density at radius 3 is 2.56 bits per heavy atom. The largest absolute Gasteiger partial charge is 0.510 e. The van der Waals surface area contributed by atoms with Gasteiger partial charge in [0.1, 0.15) is 28.7 Å². The number of aromatic nitrogens is 1. The number of nitrogens with one attached hydrogen (secondary N) is 1. The molecule has 1 aromatic rings. The number of amides is 1. The minimum atomic E-state index is -2.64. The number of Topliss-reactive ketones (excluding diaryl/α,β-unsaturated/α-hetero) is 2. The van der Waals surface area contributed by atoms with E-state index < -0.39 is 58.0 Å². The number of rotatable bonds is 5. The maximum Gasteiger partial charge on any atom is 0.255 e. The smallest absolute Gasteiger partial charge is 0.255 e. The van der Waals surface area contributed by atoms with Crippen LogP contribution in [0.25, 0.3) is 0 Å². The van der Waals surface area contributed by atoms with Crippen molar-refractivity contribution in [1.82, 2.24) is 10.3 Å². The van der Waals surface area contributed by atoms with Gasteiger partial charge in [-0.3, -0.25) is 14.4 Å². The van der Waals surface area contributed by atoms with Gasteiger partial charge in [-0.15, -0.1) is 0 Å². The molecule has 11 heteroatoms. The van der Waals surface area contributed by atoms with Crippen LogP contribution in [0.3, 0.4) is 0 Å². The summed E-state index contributed by atoms with van der Waals surface area (Å²) < 4.78 is 0. The van der Waals surface area contributed by atoms with E-state index in [-0.39, 0.29) is 29.7 Å². The highest BCUT2D eigenvalue weighted by molar-refractivity contribution is 6.24. The number of fused-ring (bicyclic) bond motifs is 3. The minimum absolute atomic E-state index is 0.0345. The van der Waals surface area contributed by atoms with E-state index in [0.717, 1.165) is 6.20 Å². The summed E-state index contributed by atoms with van der Waals surface area (Å²) >= 11 is 0. The summed E-state index contributed by atoms with van der Waals surface area (Å²) in [6.45, 7) is 2.26. The lowest BCUT2D eigenvalue weighted by Gasteiger charge is -2.49. The highest BCUT2D eigenvalue weighted by atomic mass is 16.3. The Hall–Kier alpha value is -3.44. The van der Waals surface area contributed by atoms with Crippen molar-refractivity contribution in [3.05, 3.63) is 40.0 Å². The first-order valence-corrected chi connectivity index (χ1v) is 11.1. The van der Waals surface area contributed by atoms with E-state index >= 15 is 0 Å². The Morgan fingerprint density at radius 2 is 1.97 bits per heavy atom. The fourth-order valence-corrected chi connectivity index (χ4v) is 5.47. The van der Waals surface area contributed by atoms with Crippen LogP contribution in [0.4, 0.5) is 5.82 Å². The summed E-state index contributed by atoms with van der Waals surface area (Å²) in [4.78, 5) is 44.7. The van der Waals surface area contributed by atoms with Gasteiger partial charge in [0.25, 0.3) is 5.91 Å². The molecular weight excluding hydrogens is 444 g/mol. The van der Waals surface area contributed by atoms with Gasteiger partial charge in [0, 0.05) is 31.1 Å². The molecule has 11 nitrogen and oxygen atoms in total. The van der Waals surface area contributed by atoms with Crippen LogP contribution in [-0.4, -0.2) is 75.2 Å². The zero-order valence-corrected chi connectivity index (χ0v) is 19.1. The van der Waals surface area contributed by atoms with E-state index in [1.807, 2.05) is 6.92 Å². The molecule has 0 saturated carbocycles. The van der Waals surface area contributed by atoms with Gasteiger partial charge in [0.2, 0.25) is 5.78 Å². The van der Waals surface area contributed by atoms with Gasteiger partial charge in [-0.05, 0) is 31.7 Å². The van der Waals surface area contributed by atoms with E-state index in [2.05, 4.69) is 10.3 Å². The first kappa shape index (κ1) is 23.7. The van der Waals surface area contributed by atoms with Crippen LogP contribution in [-0.2, 0) is 16.0 Å². The van der Waals surface area contributed by atoms with E-state index in [9.17, 15) is 34.8 Å². The monoisotopic (exact) mass is 472 g/mol. The summed E-state index contributed by atoms with van der Waals surface area (Å²) in [6, 6.07) is -1.05. The Balaban J connectivity index is 1.94. The summed E-state index contributed by atoms with van der Waals surface area (Å²) in [5, 5.41) is 47.0. The molecule has 0 aliphatic heterocycles. The van der Waals surface area contributed by atoms with Gasteiger partial charge in [-0.2, -0.15) is 0 Å². The molecule has 1 heterocycles. The number of ketones is 2. The second-order valence-electron chi connectivity index (χ2n) is 9.20. The number of pyridine rings is 1. The molecule has 0 aromatic carbocycles. The zero-order valence-electron chi connectivity index (χ0n) is 19.1. The van der Waals surface area contributed by atoms with Crippen LogP contribution >= 0.6 is 0 Å². The van der Waals surface area contributed by atoms with Crippen LogP contribution in [0.15, 0.2) is 28.9 Å². The summed E-state index contributed by atoms with van der Waals surface area (Å²) in [5.74, 6) is -6.33. The third kappa shape index (κ3) is 3.11. The second kappa shape index (κ2) is 8.10. The first-order chi connectivity index (χ1) is 16.0. The number of carbonyl (C=O) groups excluding carboxylic acids is 3. The Labute approximate surface area is 195 Å². The molecule has 3 aliphatic rings. The van der Waals surface area contributed by atoms with E-state index in [1.165, 1.54) is 0 Å². The fourth-order valence-electron chi connectivity index (χ4n) is 5.47. The number of primary amides is 1. The van der Waals surface area contributed by atoms with Gasteiger partial charge >= 0.3 is 0 Å². The van der Waals surface area contributed by atoms with Crippen LogP contribution in [0.2, 0.25) is 0 Å². The van der Waals surface area contributed by atoms with Crippen molar-refractivity contribution in [1.29, 1.82) is 0 Å². The number of hydrogen-bond donors (Lipinski definition) is 6. The molecule has 4 atom stereocenters. The van der Waals surface area contributed by atoms with Gasteiger partial charge in [-0.25, -0.2) is 4.98 Å². The normalized spacial score (nSPS) is 28.4. The molecular formula is C23H28N4O7. The molecule has 4 rings (SSSR count). The predicted molar refractivity (Wildman–Crippen MR) is 120 cm³/mol. The second-order valence-corrected chi connectivity index (χ2v) is 9.20. The molecule has 3 aliphatic carbocycles. The molecule has 1 aromatic heterocycles. The van der Waals surface area contributed by atoms with Crippen LogP contribution in [0.5, 0.6) is 5.75 Å². The minimum Gasteiger partial charge on any atom is -0.510 e. The summed E-state index contributed by atoms with van der Waals surface area (Å²) in [5.41, 5.74) is 2.09. The third-order valence-electron chi connectivity index (χ3n) is 6.97. The van der Waals surface area contributed by atoms with Crippen molar-refractivity contribution in [3.8, 4) is 5.75 Å². The fraction of sp³-hybridized carbons (Fsp3) is 0.478. The number of aliphatic hydroxyl groups excluding tert-OH is 2. The number of carbonyl (C=O) groups is 3. The van der Waals surface area contributed by atoms with Gasteiger partial charge in [-0.1, -0.05) is 6.92 Å². The van der Waals surface area contributed by atoms with Crippen molar-refractivity contribution < 1.29 is 34.8 Å². The van der Waals surface area contributed by atoms with Crippen LogP contribution in [0.1, 0.15) is 35.7 Å². The van der Waals surface area contributed by atoms with Crippen molar-refractivity contribution in [3.63, 3.8) is 0 Å². The first-order valence-electron chi connectivity index (χ1n) is 11.1. The average molecular weight is 472 g/mol. The van der Waals surface area contributed by atoms with Gasteiger partial charge in [0.05, 0.1) is 17.8 Å². The number of allylic oxidation sites excluding steroid dienone is 1. The molecule has 1 amide bonds. The Kier molecular flexibility index (Phi) is 5.65. The highest BCUT2D eigenvalue weighted by Crippen LogP contribution is 2.52. The van der Waals surface area contributed by atoms with Crippen molar-refractivity contribution in [2.45, 2.75) is 37.8 Å². The quantitative estimate of drug-likeness (QED) is 0.319. The van der Waals surface area contributed by atoms with E-state index in [0.29, 0.717) is 24.3 Å². The molecule has 0 bridgehead atoms. The standard InChI is InChI=1S/C23H28N4O7/c1-4-5-25-16-11-7-9-6-10-14(12(28)8-26-22(10)27(2)3)17(29)13(9)19(31)23(11,34)20(32)15(18(16)30)21(24)33/h8-9,11,16,25,28,30-31,34H,4-7H2,1-3H3,(H2,24,33)/t9-,11-,16-,23-/m0/s1. The molecule has 0 radical (unpaired) electrons. The maximum absolute atomic E-state index is 13.5. The number of aliphatic hydroxyl groups is 3. The molecule has 0 spiro atoms. The number of nitrogens with zero attached hydrogens (tertiary/aromatic N) is 2. The van der Waals surface area contributed by atoms with Crippen LogP contribution in [0, 0.1) is 11.8 Å². The third-order valence-corrected chi connectivity index (χ3v) is 6.97. The topological polar surface area (TPSA) is 186 Å². The molecule has 0 saturated heterocycles. The number of aromatic hydroxyl groups is 1. The molecule has 34 heavy (non-hydrogen) atoms. The molecule has 0 fully saturated rings. The van der Waals surface area contributed by atoms with Crippen LogP contribution < -0.4 is 16.0 Å². The maximum atomic E-state index is 13.5. The van der Waals surface area contributed by atoms with Gasteiger partial charge < -0.3 is 36.4 Å². The molecule has 7 N–H and O–H groups in total. The molecule has 182 valence electrons. The Morgan fingerprint density at radius 1 is 1.29 bits per heavy atom. The number of hydrogen-bond acceptors (Lipinski definition) is 10. The lowest BCUT2D eigenvalue weighted by molar-refractivity contribution is -0.146. The summed E-state index contributed by atoms with van der Waals surface area (Å²) in [7, 11) is 3.48. The Bertz CT molecular complexity index is 1170. The number of anilines is 1. The van der Waals surface area contributed by atoms with E-state index in [4.69, 9.17) is 5.73 Å².